The van der Waals surface area contributed by atoms with E-state index in [4.69, 9.17) is 4.74 Å². The monoisotopic (exact) mass is 383 g/mol. The van der Waals surface area contributed by atoms with E-state index >= 15 is 0 Å². The van der Waals surface area contributed by atoms with Crippen LogP contribution in [0, 0.1) is 34.5 Å². The Morgan fingerprint density at radius 3 is 2.79 bits per heavy atom. The summed E-state index contributed by atoms with van der Waals surface area (Å²) in [5, 5.41) is 21.9. The second-order valence-corrected chi connectivity index (χ2v) is 7.27. The molecule has 24 heavy (non-hydrogen) atoms. The van der Waals surface area contributed by atoms with Crippen molar-refractivity contribution in [1.82, 2.24) is 0 Å². The average molecular weight is 384 g/mol. The van der Waals surface area contributed by atoms with Crippen molar-refractivity contribution in [3.8, 4) is 12.1 Å². The molecule has 3 aliphatic rings. The highest BCUT2D eigenvalue weighted by Crippen LogP contribution is 2.57. The van der Waals surface area contributed by atoms with Gasteiger partial charge in [0.2, 0.25) is 11.4 Å². The van der Waals surface area contributed by atoms with Crippen LogP contribution in [0.5, 0.6) is 0 Å². The molecule has 0 bridgehead atoms. The van der Waals surface area contributed by atoms with Crippen LogP contribution in [0.15, 0.2) is 34.0 Å². The van der Waals surface area contributed by atoms with Gasteiger partial charge in [0.15, 0.2) is 0 Å². The number of allylic oxidation sites excluding steroid dienone is 2. The Balaban J connectivity index is 2.00. The average Bonchev–Trinajstić information content (AvgIpc) is 2.88. The maximum Gasteiger partial charge on any atom is 0.273 e. The zero-order chi connectivity index (χ0) is 16.9. The lowest BCUT2D eigenvalue weighted by molar-refractivity contribution is -0.150. The van der Waals surface area contributed by atoms with Crippen molar-refractivity contribution in [3.63, 3.8) is 0 Å². The topological polar surface area (TPSA) is 85.9 Å². The normalized spacial score (nSPS) is 30.7. The second-order valence-electron chi connectivity index (χ2n) is 6.42. The van der Waals surface area contributed by atoms with Crippen LogP contribution in [0.2, 0.25) is 0 Å². The molecule has 2 heterocycles. The Morgan fingerprint density at radius 2 is 2.04 bits per heavy atom. The van der Waals surface area contributed by atoms with Crippen LogP contribution in [0.1, 0.15) is 31.2 Å². The van der Waals surface area contributed by atoms with Crippen molar-refractivity contribution in [2.75, 3.05) is 5.32 Å². The molecule has 2 aliphatic heterocycles. The lowest BCUT2D eigenvalue weighted by Crippen LogP contribution is -2.51. The molecular weight excluding hydrogens is 370 g/mol. The van der Waals surface area contributed by atoms with E-state index in [1.54, 1.807) is 0 Å². The van der Waals surface area contributed by atoms with Gasteiger partial charge in [-0.3, -0.25) is 4.79 Å². The minimum atomic E-state index is -1.23. The molecule has 1 aliphatic carbocycles. The van der Waals surface area contributed by atoms with Crippen molar-refractivity contribution in [1.29, 1.82) is 10.5 Å². The largest absolute Gasteiger partial charge is 0.461 e. The van der Waals surface area contributed by atoms with E-state index in [1.807, 2.05) is 24.3 Å². The fourth-order valence-electron chi connectivity index (χ4n) is 4.43. The van der Waals surface area contributed by atoms with Gasteiger partial charge in [-0.25, -0.2) is 0 Å². The maximum atomic E-state index is 13.0. The number of fused-ring (bicyclic) bond motifs is 4. The Kier molecular flexibility index (Phi) is 3.40. The van der Waals surface area contributed by atoms with Gasteiger partial charge in [-0.15, -0.1) is 0 Å². The zero-order valence-electron chi connectivity index (χ0n) is 12.8. The van der Waals surface area contributed by atoms with E-state index in [-0.39, 0.29) is 23.5 Å². The summed E-state index contributed by atoms with van der Waals surface area (Å²) in [6, 6.07) is 9.71. The quantitative estimate of drug-likeness (QED) is 0.739. The van der Waals surface area contributed by atoms with Gasteiger partial charge in [0.05, 0.1) is 11.6 Å². The first-order valence-corrected chi connectivity index (χ1v) is 8.76. The first-order valence-electron chi connectivity index (χ1n) is 7.97. The Labute approximate surface area is 148 Å². The van der Waals surface area contributed by atoms with Crippen LogP contribution in [-0.4, -0.2) is 5.91 Å². The van der Waals surface area contributed by atoms with Crippen LogP contribution >= 0.6 is 15.9 Å². The van der Waals surface area contributed by atoms with E-state index in [0.29, 0.717) is 11.3 Å². The van der Waals surface area contributed by atoms with E-state index in [1.165, 1.54) is 0 Å². The molecule has 1 aromatic rings. The summed E-state index contributed by atoms with van der Waals surface area (Å²) in [4.78, 5) is 13.0. The summed E-state index contributed by atoms with van der Waals surface area (Å²) >= 11 is 3.54. The number of rotatable bonds is 0. The van der Waals surface area contributed by atoms with Crippen molar-refractivity contribution >= 4 is 27.5 Å². The van der Waals surface area contributed by atoms with Gasteiger partial charge in [-0.2, -0.15) is 10.5 Å². The lowest BCUT2D eigenvalue weighted by Gasteiger charge is -2.46. The Bertz CT molecular complexity index is 864. The molecular formula is C18H14BrN3O2. The molecule has 120 valence electrons. The molecule has 0 radical (unpaired) electrons. The number of benzene rings is 1. The van der Waals surface area contributed by atoms with Crippen molar-refractivity contribution < 1.29 is 9.53 Å². The molecule has 1 N–H and O–H groups in total. The molecule has 1 aromatic carbocycles. The Morgan fingerprint density at radius 1 is 1.25 bits per heavy atom. The summed E-state index contributed by atoms with van der Waals surface area (Å²) < 4.78 is 6.81. The third-order valence-electron chi connectivity index (χ3n) is 5.36. The van der Waals surface area contributed by atoms with Gasteiger partial charge >= 0.3 is 0 Å². The molecule has 6 heteroatoms. The Hall–Kier alpha value is -2.31. The summed E-state index contributed by atoms with van der Waals surface area (Å²) in [5.41, 5.74) is 0.612. The fraction of sp³-hybridized carbons (Fsp3) is 0.389. The van der Waals surface area contributed by atoms with E-state index in [2.05, 4.69) is 27.3 Å². The minimum absolute atomic E-state index is 0.0144. The summed E-state index contributed by atoms with van der Waals surface area (Å²) in [6.07, 6.45) is 3.57. The predicted octanol–water partition coefficient (Wildman–Crippen LogP) is 3.73. The van der Waals surface area contributed by atoms with E-state index in [9.17, 15) is 15.3 Å². The second kappa shape index (κ2) is 5.36. The molecule has 3 atom stereocenters. The van der Waals surface area contributed by atoms with Crippen molar-refractivity contribution in [3.05, 3.63) is 39.6 Å². The van der Waals surface area contributed by atoms with Crippen LogP contribution in [0.4, 0.5) is 5.69 Å². The number of nitrogens with zero attached hydrogens (tertiary/aromatic N) is 2. The number of anilines is 1. The molecule has 1 amide bonds. The maximum absolute atomic E-state index is 13.0. The molecule has 0 saturated heterocycles. The number of ether oxygens (including phenoxy) is 1. The van der Waals surface area contributed by atoms with Gasteiger partial charge in [-0.1, -0.05) is 34.8 Å². The smallest absolute Gasteiger partial charge is 0.273 e. The first kappa shape index (κ1) is 15.2. The number of carbonyl (C=O) groups excluding carboxylic acids is 1. The van der Waals surface area contributed by atoms with Gasteiger partial charge in [0, 0.05) is 27.6 Å². The fourth-order valence-corrected chi connectivity index (χ4v) is 5.09. The standard InChI is InChI=1S/C18H14BrN3O2/c19-13-6-3-7-14-16(13)18(17(23)22-14)12-5-2-1-4-10(12)11(8-20)15(9-21)24-18/h3,6-7,10,12H,1-2,4-5H2,(H,22,23). The zero-order valence-corrected chi connectivity index (χ0v) is 14.4. The molecule has 4 rings (SSSR count). The third-order valence-corrected chi connectivity index (χ3v) is 6.02. The van der Waals surface area contributed by atoms with Crippen LogP contribution in [0.3, 0.4) is 0 Å². The molecule has 5 nitrogen and oxygen atoms in total. The molecule has 1 saturated carbocycles. The van der Waals surface area contributed by atoms with Crippen LogP contribution in [0.25, 0.3) is 0 Å². The molecule has 1 fully saturated rings. The highest BCUT2D eigenvalue weighted by atomic mass is 79.9. The summed E-state index contributed by atoms with van der Waals surface area (Å²) in [6.45, 7) is 0. The summed E-state index contributed by atoms with van der Waals surface area (Å²) in [7, 11) is 0. The molecule has 1 spiro atoms. The number of hydrogen-bond acceptors (Lipinski definition) is 4. The number of nitrogens with one attached hydrogen (secondary N) is 1. The van der Waals surface area contributed by atoms with Crippen molar-refractivity contribution in [2.45, 2.75) is 31.3 Å². The van der Waals surface area contributed by atoms with Crippen molar-refractivity contribution in [2.24, 2.45) is 11.8 Å². The van der Waals surface area contributed by atoms with Crippen LogP contribution < -0.4 is 5.32 Å². The minimum Gasteiger partial charge on any atom is -0.461 e. The number of hydrogen-bond donors (Lipinski definition) is 1. The van der Waals surface area contributed by atoms with E-state index in [0.717, 1.165) is 35.7 Å². The lowest BCUT2D eigenvalue weighted by atomic mass is 9.64. The molecule has 0 aromatic heterocycles. The number of halogens is 1. The van der Waals surface area contributed by atoms with Crippen LogP contribution in [-0.2, 0) is 15.1 Å². The predicted molar refractivity (Wildman–Crippen MR) is 89.2 cm³/mol. The van der Waals surface area contributed by atoms with Gasteiger partial charge in [0.25, 0.3) is 5.91 Å². The summed E-state index contributed by atoms with van der Waals surface area (Å²) in [5.74, 6) is -0.514. The van der Waals surface area contributed by atoms with Gasteiger partial charge < -0.3 is 10.1 Å². The van der Waals surface area contributed by atoms with E-state index < -0.39 is 5.60 Å². The van der Waals surface area contributed by atoms with Gasteiger partial charge in [0.1, 0.15) is 6.07 Å². The SMILES string of the molecule is N#CC1=C(C#N)C2CCCCC2C2(O1)C(=O)Nc1cccc(Br)c12. The third kappa shape index (κ3) is 1.81. The van der Waals surface area contributed by atoms with Gasteiger partial charge in [-0.05, 0) is 25.0 Å². The number of nitriles is 2. The highest BCUT2D eigenvalue weighted by molar-refractivity contribution is 9.10. The highest BCUT2D eigenvalue weighted by Gasteiger charge is 2.61. The molecule has 3 unspecified atom stereocenters. The first-order chi connectivity index (χ1) is 11.6. The number of amides is 1. The number of carbonyl (C=O) groups is 1.